The van der Waals surface area contributed by atoms with Gasteiger partial charge >= 0.3 is 12.1 Å². The monoisotopic (exact) mass is 391 g/mol. The van der Waals surface area contributed by atoms with Gasteiger partial charge in [0, 0.05) is 23.5 Å². The van der Waals surface area contributed by atoms with E-state index in [1.807, 2.05) is 24.3 Å². The van der Waals surface area contributed by atoms with E-state index in [4.69, 9.17) is 4.74 Å². The second kappa shape index (κ2) is 8.75. The summed E-state index contributed by atoms with van der Waals surface area (Å²) in [4.78, 5) is 38.8. The van der Waals surface area contributed by atoms with Gasteiger partial charge in [0.15, 0.2) is 0 Å². The fourth-order valence-electron chi connectivity index (χ4n) is 2.64. The number of amides is 2. The van der Waals surface area contributed by atoms with Gasteiger partial charge < -0.3 is 30.6 Å². The van der Waals surface area contributed by atoms with Gasteiger partial charge in [-0.05, 0) is 32.4 Å². The standard InChI is InChI=1S/C19H25N3O6/c1-19(2,3)28-18(27)22-15(10-23)16(24)21-14(17(25)26)8-11-9-20-13-7-5-4-6-12(11)13/h4-7,9,14-15,20,23H,8,10H2,1-3H3,(H,21,24)(H,22,27)(H,25,26). The van der Waals surface area contributed by atoms with Gasteiger partial charge in [-0.1, -0.05) is 18.2 Å². The maximum Gasteiger partial charge on any atom is 0.408 e. The minimum atomic E-state index is -1.33. The van der Waals surface area contributed by atoms with Crippen LogP contribution in [0.25, 0.3) is 10.9 Å². The summed E-state index contributed by atoms with van der Waals surface area (Å²) in [6.45, 7) is 4.26. The number of rotatable bonds is 7. The van der Waals surface area contributed by atoms with Crippen LogP contribution in [-0.4, -0.2) is 57.5 Å². The average Bonchev–Trinajstić information content (AvgIpc) is 3.00. The lowest BCUT2D eigenvalue weighted by molar-refractivity contribution is -0.142. The maximum atomic E-state index is 12.4. The fraction of sp³-hybridized carbons (Fsp3) is 0.421. The van der Waals surface area contributed by atoms with Gasteiger partial charge in [-0.3, -0.25) is 4.79 Å². The maximum absolute atomic E-state index is 12.4. The number of carbonyl (C=O) groups is 3. The number of carboxylic acids is 1. The summed E-state index contributed by atoms with van der Waals surface area (Å²) < 4.78 is 5.04. The smallest absolute Gasteiger partial charge is 0.408 e. The average molecular weight is 391 g/mol. The molecule has 0 aliphatic heterocycles. The zero-order chi connectivity index (χ0) is 20.9. The highest BCUT2D eigenvalue weighted by Crippen LogP contribution is 2.19. The minimum Gasteiger partial charge on any atom is -0.480 e. The van der Waals surface area contributed by atoms with Crippen molar-refractivity contribution in [1.29, 1.82) is 0 Å². The number of aromatic amines is 1. The fourth-order valence-corrected chi connectivity index (χ4v) is 2.64. The number of para-hydroxylation sites is 1. The molecule has 2 amide bonds. The van der Waals surface area contributed by atoms with Crippen LogP contribution in [0, 0.1) is 0 Å². The molecule has 9 heteroatoms. The molecule has 0 aliphatic carbocycles. The molecule has 0 bridgehead atoms. The quantitative estimate of drug-likeness (QED) is 0.480. The Hall–Kier alpha value is -3.07. The molecule has 0 saturated heterocycles. The Kier molecular flexibility index (Phi) is 6.63. The third kappa shape index (κ3) is 5.71. The van der Waals surface area contributed by atoms with Gasteiger partial charge in [0.05, 0.1) is 6.61 Å². The van der Waals surface area contributed by atoms with Crippen LogP contribution >= 0.6 is 0 Å². The van der Waals surface area contributed by atoms with Crippen molar-refractivity contribution in [3.05, 3.63) is 36.0 Å². The van der Waals surface area contributed by atoms with Crippen LogP contribution in [-0.2, 0) is 20.7 Å². The van der Waals surface area contributed by atoms with E-state index in [0.29, 0.717) is 0 Å². The number of aliphatic carboxylic acids is 1. The van der Waals surface area contributed by atoms with Crippen LogP contribution < -0.4 is 10.6 Å². The van der Waals surface area contributed by atoms with Gasteiger partial charge in [-0.25, -0.2) is 9.59 Å². The molecule has 0 saturated carbocycles. The lowest BCUT2D eigenvalue weighted by Crippen LogP contribution is -2.54. The van der Waals surface area contributed by atoms with Crippen LogP contribution in [0.5, 0.6) is 0 Å². The van der Waals surface area contributed by atoms with Crippen molar-refractivity contribution >= 4 is 28.9 Å². The number of hydrogen-bond donors (Lipinski definition) is 5. The van der Waals surface area contributed by atoms with Crippen LogP contribution in [0.15, 0.2) is 30.5 Å². The van der Waals surface area contributed by atoms with Gasteiger partial charge in [0.2, 0.25) is 5.91 Å². The molecule has 152 valence electrons. The van der Waals surface area contributed by atoms with E-state index in [9.17, 15) is 24.6 Å². The van der Waals surface area contributed by atoms with Gasteiger partial charge in [0.25, 0.3) is 0 Å². The topological polar surface area (TPSA) is 141 Å². The molecule has 1 heterocycles. The lowest BCUT2D eigenvalue weighted by atomic mass is 10.0. The van der Waals surface area contributed by atoms with Gasteiger partial charge in [0.1, 0.15) is 17.7 Å². The second-order valence-electron chi connectivity index (χ2n) is 7.34. The third-order valence-electron chi connectivity index (χ3n) is 3.90. The summed E-state index contributed by atoms with van der Waals surface area (Å²) in [6.07, 6.45) is 0.843. The van der Waals surface area contributed by atoms with E-state index in [1.165, 1.54) is 0 Å². The van der Waals surface area contributed by atoms with Crippen molar-refractivity contribution in [3.63, 3.8) is 0 Å². The van der Waals surface area contributed by atoms with Crippen molar-refractivity contribution in [2.45, 2.75) is 44.9 Å². The number of fused-ring (bicyclic) bond motifs is 1. The molecular weight excluding hydrogens is 366 g/mol. The predicted molar refractivity (Wildman–Crippen MR) is 102 cm³/mol. The van der Waals surface area contributed by atoms with Crippen molar-refractivity contribution in [1.82, 2.24) is 15.6 Å². The van der Waals surface area contributed by atoms with E-state index in [1.54, 1.807) is 27.0 Å². The Morgan fingerprint density at radius 3 is 2.43 bits per heavy atom. The first-order chi connectivity index (χ1) is 13.1. The lowest BCUT2D eigenvalue weighted by Gasteiger charge is -2.23. The number of hydrogen-bond acceptors (Lipinski definition) is 5. The Balaban J connectivity index is 2.06. The zero-order valence-electron chi connectivity index (χ0n) is 16.0. The SMILES string of the molecule is CC(C)(C)OC(=O)NC(CO)C(=O)NC(Cc1c[nH]c2ccccc12)C(=O)O. The number of benzene rings is 1. The molecule has 0 aliphatic rings. The molecule has 5 N–H and O–H groups in total. The number of carbonyl (C=O) groups excluding carboxylic acids is 2. The molecule has 0 fully saturated rings. The number of aromatic nitrogens is 1. The van der Waals surface area contributed by atoms with Gasteiger partial charge in [-0.2, -0.15) is 0 Å². The van der Waals surface area contributed by atoms with Crippen molar-refractivity contribution in [3.8, 4) is 0 Å². The summed E-state index contributed by atoms with van der Waals surface area (Å²) in [5.74, 6) is -2.05. The number of carboxylic acid groups (broad SMARTS) is 1. The first-order valence-electron chi connectivity index (χ1n) is 8.79. The molecule has 28 heavy (non-hydrogen) atoms. The number of aliphatic hydroxyl groups is 1. The number of ether oxygens (including phenoxy) is 1. The van der Waals surface area contributed by atoms with E-state index < -0.39 is 42.3 Å². The molecule has 1 aromatic carbocycles. The first-order valence-corrected chi connectivity index (χ1v) is 8.79. The Labute approximate surface area is 162 Å². The molecule has 1 aromatic heterocycles. The highest BCUT2D eigenvalue weighted by atomic mass is 16.6. The summed E-state index contributed by atoms with van der Waals surface area (Å²) in [6, 6.07) is 4.83. The van der Waals surface area contributed by atoms with Crippen LogP contribution in [0.4, 0.5) is 4.79 Å². The molecule has 9 nitrogen and oxygen atoms in total. The normalized spacial score (nSPS) is 13.6. The van der Waals surface area contributed by atoms with Crippen molar-refractivity contribution in [2.24, 2.45) is 0 Å². The summed E-state index contributed by atoms with van der Waals surface area (Å²) in [5, 5.41) is 24.3. The summed E-state index contributed by atoms with van der Waals surface area (Å²) >= 11 is 0. The first kappa shape index (κ1) is 21.2. The number of aliphatic hydroxyl groups excluding tert-OH is 1. The number of H-pyrrole nitrogens is 1. The third-order valence-corrected chi connectivity index (χ3v) is 3.90. The predicted octanol–water partition coefficient (Wildman–Crippen LogP) is 1.17. The molecular formula is C19H25N3O6. The highest BCUT2D eigenvalue weighted by molar-refractivity contribution is 5.90. The zero-order valence-corrected chi connectivity index (χ0v) is 16.0. The van der Waals surface area contributed by atoms with Crippen molar-refractivity contribution in [2.75, 3.05) is 6.61 Å². The van der Waals surface area contributed by atoms with Gasteiger partial charge in [-0.15, -0.1) is 0 Å². The second-order valence-corrected chi connectivity index (χ2v) is 7.34. The molecule has 2 rings (SSSR count). The molecule has 0 radical (unpaired) electrons. The number of alkyl carbamates (subject to hydrolysis) is 1. The molecule has 0 spiro atoms. The largest absolute Gasteiger partial charge is 0.480 e. The minimum absolute atomic E-state index is 0.0374. The van der Waals surface area contributed by atoms with E-state index >= 15 is 0 Å². The highest BCUT2D eigenvalue weighted by Gasteiger charge is 2.28. The molecule has 2 aromatic rings. The molecule has 2 unspecified atom stereocenters. The Morgan fingerprint density at radius 2 is 1.82 bits per heavy atom. The van der Waals surface area contributed by atoms with Crippen LogP contribution in [0.3, 0.4) is 0 Å². The number of nitrogens with one attached hydrogen (secondary N) is 3. The molecule has 2 atom stereocenters. The Morgan fingerprint density at radius 1 is 1.14 bits per heavy atom. The Bertz CT molecular complexity index is 855. The summed E-state index contributed by atoms with van der Waals surface area (Å²) in [5.41, 5.74) is 0.802. The van der Waals surface area contributed by atoms with E-state index in [2.05, 4.69) is 15.6 Å². The summed E-state index contributed by atoms with van der Waals surface area (Å²) in [7, 11) is 0. The van der Waals surface area contributed by atoms with Crippen LogP contribution in [0.2, 0.25) is 0 Å². The van der Waals surface area contributed by atoms with Crippen molar-refractivity contribution < 1.29 is 29.3 Å². The van der Waals surface area contributed by atoms with Crippen LogP contribution in [0.1, 0.15) is 26.3 Å². The van der Waals surface area contributed by atoms with E-state index in [0.717, 1.165) is 16.5 Å². The van der Waals surface area contributed by atoms with E-state index in [-0.39, 0.29) is 6.42 Å².